The lowest BCUT2D eigenvalue weighted by atomic mass is 10.4. The van der Waals surface area contributed by atoms with Crippen molar-refractivity contribution in [2.45, 2.75) is 37.0 Å². The maximum atomic E-state index is 4.30. The molecule has 2 heterocycles. The van der Waals surface area contributed by atoms with Crippen molar-refractivity contribution in [2.75, 3.05) is 0 Å². The average molecular weight is 355 g/mol. The van der Waals surface area contributed by atoms with Gasteiger partial charge >= 0.3 is 0 Å². The molecule has 0 unspecified atom stereocenters. The van der Waals surface area contributed by atoms with Crippen LogP contribution in [0.4, 0.5) is 0 Å². The minimum Gasteiger partial charge on any atom is -0.343 e. The summed E-state index contributed by atoms with van der Waals surface area (Å²) in [7, 11) is -3.47. The number of benzene rings is 2. The van der Waals surface area contributed by atoms with Crippen molar-refractivity contribution in [2.24, 2.45) is 0 Å². The standard InChI is InChI=1S/C18H26N2Si3/c1-3-9-17(10-4-1)23(19-21-13-7-14-21,20-22-15-8-16-22)18-11-5-2-6-12-18/h1-6,9-12,19-22H,7-8,13-16H2. The zero-order valence-electron chi connectivity index (χ0n) is 13.7. The number of rotatable bonds is 6. The summed E-state index contributed by atoms with van der Waals surface area (Å²) in [5.74, 6) is 0. The summed E-state index contributed by atoms with van der Waals surface area (Å²) in [4.78, 5) is 0. The molecule has 23 heavy (non-hydrogen) atoms. The van der Waals surface area contributed by atoms with Crippen LogP contribution < -0.4 is 19.7 Å². The second-order valence-electron chi connectivity index (χ2n) is 7.03. The maximum absolute atomic E-state index is 4.30. The Labute approximate surface area is 143 Å². The largest absolute Gasteiger partial charge is 0.343 e. The quantitative estimate of drug-likeness (QED) is 0.771. The van der Waals surface area contributed by atoms with Gasteiger partial charge in [0, 0.05) is 0 Å². The highest BCUT2D eigenvalue weighted by Crippen LogP contribution is 2.22. The molecule has 0 saturated carbocycles. The number of hydrogen-bond donors (Lipinski definition) is 2. The van der Waals surface area contributed by atoms with Gasteiger partial charge in [0.05, 0.1) is 0 Å². The van der Waals surface area contributed by atoms with Crippen LogP contribution in [0.3, 0.4) is 0 Å². The third-order valence-electron chi connectivity index (χ3n) is 5.47. The number of nitrogens with one attached hydrogen (secondary N) is 2. The lowest BCUT2D eigenvalue weighted by Crippen LogP contribution is -2.83. The molecule has 2 aliphatic rings. The van der Waals surface area contributed by atoms with Crippen LogP contribution in [-0.2, 0) is 0 Å². The Hall–Kier alpha value is -0.989. The smallest absolute Gasteiger partial charge is 0.253 e. The first-order valence-electron chi connectivity index (χ1n) is 9.03. The zero-order chi connectivity index (χ0) is 15.5. The molecule has 2 fully saturated rings. The molecule has 0 amide bonds. The molecule has 2 aliphatic heterocycles. The van der Waals surface area contributed by atoms with Crippen molar-refractivity contribution in [3.8, 4) is 0 Å². The Morgan fingerprint density at radius 1 is 0.609 bits per heavy atom. The second-order valence-corrected chi connectivity index (χ2v) is 17.1. The van der Waals surface area contributed by atoms with E-state index in [1.807, 2.05) is 0 Å². The molecular weight excluding hydrogens is 328 g/mol. The summed E-state index contributed by atoms with van der Waals surface area (Å²) < 4.78 is 8.60. The Morgan fingerprint density at radius 2 is 1.00 bits per heavy atom. The van der Waals surface area contributed by atoms with E-state index in [9.17, 15) is 0 Å². The first-order chi connectivity index (χ1) is 11.4. The summed E-state index contributed by atoms with van der Waals surface area (Å²) in [6, 6.07) is 28.5. The van der Waals surface area contributed by atoms with E-state index in [2.05, 4.69) is 70.0 Å². The lowest BCUT2D eigenvalue weighted by molar-refractivity contribution is 0.895. The van der Waals surface area contributed by atoms with Crippen molar-refractivity contribution >= 4 is 36.7 Å². The Morgan fingerprint density at radius 3 is 1.30 bits per heavy atom. The van der Waals surface area contributed by atoms with Crippen LogP contribution in [0.5, 0.6) is 0 Å². The first kappa shape index (κ1) is 15.5. The molecule has 2 aromatic rings. The van der Waals surface area contributed by atoms with Gasteiger partial charge in [-0.25, -0.2) is 0 Å². The van der Waals surface area contributed by atoms with E-state index in [0.29, 0.717) is 0 Å². The minimum atomic E-state index is -1.99. The maximum Gasteiger partial charge on any atom is 0.253 e. The molecule has 0 aromatic heterocycles. The summed E-state index contributed by atoms with van der Waals surface area (Å²) in [6.45, 7) is 0. The monoisotopic (exact) mass is 354 g/mol. The molecule has 2 nitrogen and oxygen atoms in total. The molecule has 120 valence electrons. The molecule has 0 radical (unpaired) electrons. The molecular formula is C18H26N2Si3. The van der Waals surface area contributed by atoms with Gasteiger partial charge in [-0.3, -0.25) is 0 Å². The average Bonchev–Trinajstić information content (AvgIpc) is 2.54. The molecule has 2 aromatic carbocycles. The normalized spacial score (nSPS) is 19.1. The molecule has 2 N–H and O–H groups in total. The number of hydrogen-bond acceptors (Lipinski definition) is 2. The van der Waals surface area contributed by atoms with Gasteiger partial charge in [0.2, 0.25) is 0 Å². The molecule has 0 aliphatic carbocycles. The van der Waals surface area contributed by atoms with E-state index in [0.717, 1.165) is 0 Å². The lowest BCUT2D eigenvalue weighted by Gasteiger charge is -2.44. The van der Waals surface area contributed by atoms with Crippen LogP contribution in [0.1, 0.15) is 12.8 Å². The third kappa shape index (κ3) is 3.16. The van der Waals surface area contributed by atoms with Crippen molar-refractivity contribution in [3.63, 3.8) is 0 Å². The van der Waals surface area contributed by atoms with Crippen molar-refractivity contribution < 1.29 is 0 Å². The molecule has 0 bridgehead atoms. The third-order valence-corrected chi connectivity index (χ3v) is 19.0. The summed E-state index contributed by atoms with van der Waals surface area (Å²) in [6.07, 6.45) is 2.89. The fraction of sp³-hybridized carbons (Fsp3) is 0.333. The van der Waals surface area contributed by atoms with Crippen LogP contribution in [0.15, 0.2) is 60.7 Å². The first-order valence-corrected chi connectivity index (χ1v) is 15.5. The highest BCUT2D eigenvalue weighted by Gasteiger charge is 2.43. The van der Waals surface area contributed by atoms with Crippen LogP contribution in [0, 0.1) is 0 Å². The van der Waals surface area contributed by atoms with Gasteiger partial charge in [0.15, 0.2) is 0 Å². The molecule has 2 saturated heterocycles. The predicted molar refractivity (Wildman–Crippen MR) is 107 cm³/mol. The molecule has 0 spiro atoms. The van der Waals surface area contributed by atoms with Gasteiger partial charge in [0.25, 0.3) is 8.40 Å². The molecule has 4 rings (SSSR count). The van der Waals surface area contributed by atoms with Crippen molar-refractivity contribution in [1.29, 1.82) is 0 Å². The van der Waals surface area contributed by atoms with Gasteiger partial charge in [-0.1, -0.05) is 73.5 Å². The van der Waals surface area contributed by atoms with Crippen LogP contribution in [-0.4, -0.2) is 26.3 Å². The van der Waals surface area contributed by atoms with Gasteiger partial charge in [0.1, 0.15) is 17.9 Å². The van der Waals surface area contributed by atoms with E-state index in [1.54, 1.807) is 0 Å². The fourth-order valence-corrected chi connectivity index (χ4v) is 17.9. The summed E-state index contributed by atoms with van der Waals surface area (Å²) in [5.41, 5.74) is 0. The van der Waals surface area contributed by atoms with E-state index in [4.69, 9.17) is 0 Å². The van der Waals surface area contributed by atoms with Gasteiger partial charge in [-0.2, -0.15) is 0 Å². The van der Waals surface area contributed by atoms with E-state index < -0.39 is 26.3 Å². The summed E-state index contributed by atoms with van der Waals surface area (Å²) >= 11 is 0. The Balaban J connectivity index is 1.77. The van der Waals surface area contributed by atoms with Crippen LogP contribution >= 0.6 is 0 Å². The topological polar surface area (TPSA) is 24.1 Å². The van der Waals surface area contributed by atoms with E-state index in [-0.39, 0.29) is 0 Å². The minimum absolute atomic E-state index is 0.740. The van der Waals surface area contributed by atoms with Gasteiger partial charge in [-0.15, -0.1) is 0 Å². The Kier molecular flexibility index (Phi) is 4.64. The van der Waals surface area contributed by atoms with Crippen molar-refractivity contribution in [1.82, 2.24) is 9.30 Å². The fourth-order valence-electron chi connectivity index (χ4n) is 3.64. The zero-order valence-corrected chi connectivity index (χ0v) is 17.0. The summed E-state index contributed by atoms with van der Waals surface area (Å²) in [5, 5.41) is 3.06. The predicted octanol–water partition coefficient (Wildman–Crippen LogP) is 1.68. The second kappa shape index (κ2) is 6.86. The van der Waals surface area contributed by atoms with Gasteiger partial charge in [-0.05, 0) is 34.5 Å². The van der Waals surface area contributed by atoms with E-state index >= 15 is 0 Å². The van der Waals surface area contributed by atoms with Gasteiger partial charge < -0.3 is 9.30 Å². The molecule has 5 heteroatoms. The van der Waals surface area contributed by atoms with Crippen LogP contribution in [0.2, 0.25) is 24.2 Å². The molecule has 0 atom stereocenters. The highest BCUT2D eigenvalue weighted by molar-refractivity contribution is 7.07. The SMILES string of the molecule is c1ccc([Si](N[SiH]2CCC2)(N[SiH]2CCC2)c2ccccc2)cc1. The Bertz CT molecular complexity index is 570. The van der Waals surface area contributed by atoms with Crippen molar-refractivity contribution in [3.05, 3.63) is 60.7 Å². The van der Waals surface area contributed by atoms with Crippen LogP contribution in [0.25, 0.3) is 0 Å². The van der Waals surface area contributed by atoms with E-state index in [1.165, 1.54) is 47.4 Å². The highest BCUT2D eigenvalue weighted by atomic mass is 28.4.